The standard InChI is InChI=1S/C23H37N3O2/c1-4-7-11-18(6-3)22(27)25-19-12-13-21(26-15-9-8-10-16-26)20(17-19)23(28)24-14-5-2/h12-13,17-18H,4-11,14-16H2,1-3H3,(H,24,28)(H,25,27)/t18-/m0/s1. The van der Waals surface area contributed by atoms with Crippen molar-refractivity contribution >= 4 is 23.2 Å². The van der Waals surface area contributed by atoms with Gasteiger partial charge in [0.1, 0.15) is 0 Å². The average molecular weight is 388 g/mol. The molecule has 0 saturated carbocycles. The molecule has 1 heterocycles. The van der Waals surface area contributed by atoms with Crippen LogP contribution >= 0.6 is 0 Å². The molecule has 1 fully saturated rings. The highest BCUT2D eigenvalue weighted by molar-refractivity contribution is 6.02. The van der Waals surface area contributed by atoms with E-state index in [-0.39, 0.29) is 17.7 Å². The fraction of sp³-hybridized carbons (Fsp3) is 0.652. The molecule has 1 aromatic carbocycles. The fourth-order valence-electron chi connectivity index (χ4n) is 3.76. The van der Waals surface area contributed by atoms with Crippen LogP contribution in [0.2, 0.25) is 0 Å². The molecule has 1 aromatic rings. The number of nitrogens with one attached hydrogen (secondary N) is 2. The van der Waals surface area contributed by atoms with E-state index in [1.165, 1.54) is 6.42 Å². The smallest absolute Gasteiger partial charge is 0.253 e. The Morgan fingerprint density at radius 3 is 2.46 bits per heavy atom. The molecule has 1 aliphatic rings. The molecule has 0 radical (unpaired) electrons. The predicted molar refractivity (Wildman–Crippen MR) is 117 cm³/mol. The molecule has 2 N–H and O–H groups in total. The Balaban J connectivity index is 2.21. The highest BCUT2D eigenvalue weighted by Crippen LogP contribution is 2.28. The van der Waals surface area contributed by atoms with E-state index in [4.69, 9.17) is 0 Å². The quantitative estimate of drug-likeness (QED) is 0.596. The molecule has 1 saturated heterocycles. The van der Waals surface area contributed by atoms with E-state index in [1.54, 1.807) is 0 Å². The van der Waals surface area contributed by atoms with Gasteiger partial charge in [0, 0.05) is 36.9 Å². The maximum absolute atomic E-state index is 12.8. The van der Waals surface area contributed by atoms with Crippen LogP contribution in [0.25, 0.3) is 0 Å². The van der Waals surface area contributed by atoms with Crippen molar-refractivity contribution in [3.05, 3.63) is 23.8 Å². The molecule has 156 valence electrons. The first-order valence-corrected chi connectivity index (χ1v) is 11.1. The normalized spacial score (nSPS) is 15.2. The lowest BCUT2D eigenvalue weighted by molar-refractivity contribution is -0.120. The SMILES string of the molecule is CCCC[C@H](CC)C(=O)Nc1ccc(N2CCCCC2)c(C(=O)NCCC)c1. The number of carbonyl (C=O) groups is 2. The molecule has 1 aliphatic heterocycles. The van der Waals surface area contributed by atoms with Gasteiger partial charge < -0.3 is 15.5 Å². The number of piperidine rings is 1. The molecule has 28 heavy (non-hydrogen) atoms. The Morgan fingerprint density at radius 1 is 1.07 bits per heavy atom. The summed E-state index contributed by atoms with van der Waals surface area (Å²) in [6.07, 6.45) is 8.36. The van der Waals surface area contributed by atoms with Crippen LogP contribution < -0.4 is 15.5 Å². The maximum Gasteiger partial charge on any atom is 0.253 e. The summed E-state index contributed by atoms with van der Waals surface area (Å²) in [6, 6.07) is 5.78. The van der Waals surface area contributed by atoms with Crippen LogP contribution in [0.1, 0.15) is 82.5 Å². The lowest BCUT2D eigenvalue weighted by atomic mass is 9.98. The number of carbonyl (C=O) groups excluding carboxylic acids is 2. The topological polar surface area (TPSA) is 61.4 Å². The van der Waals surface area contributed by atoms with Gasteiger partial charge in [-0.05, 0) is 56.7 Å². The second-order valence-electron chi connectivity index (χ2n) is 7.77. The largest absolute Gasteiger partial charge is 0.371 e. The number of unbranched alkanes of at least 4 members (excludes halogenated alkanes) is 1. The molecular weight excluding hydrogens is 350 g/mol. The highest BCUT2D eigenvalue weighted by atomic mass is 16.2. The van der Waals surface area contributed by atoms with Crippen molar-refractivity contribution in [3.63, 3.8) is 0 Å². The number of benzene rings is 1. The number of hydrogen-bond acceptors (Lipinski definition) is 3. The van der Waals surface area contributed by atoms with Gasteiger partial charge in [-0.1, -0.05) is 33.6 Å². The van der Waals surface area contributed by atoms with Gasteiger partial charge >= 0.3 is 0 Å². The Hall–Kier alpha value is -2.04. The first-order chi connectivity index (χ1) is 13.6. The van der Waals surface area contributed by atoms with Gasteiger partial charge in [-0.3, -0.25) is 9.59 Å². The van der Waals surface area contributed by atoms with E-state index in [0.717, 1.165) is 63.7 Å². The summed E-state index contributed by atoms with van der Waals surface area (Å²) in [5, 5.41) is 6.04. The second-order valence-corrected chi connectivity index (χ2v) is 7.77. The van der Waals surface area contributed by atoms with Crippen LogP contribution in [-0.4, -0.2) is 31.4 Å². The molecule has 2 amide bonds. The Bertz CT molecular complexity index is 639. The molecule has 0 aromatic heterocycles. The Kier molecular flexibility index (Phi) is 9.32. The lowest BCUT2D eigenvalue weighted by Crippen LogP contribution is -2.33. The van der Waals surface area contributed by atoms with Crippen LogP contribution in [0.3, 0.4) is 0 Å². The van der Waals surface area contributed by atoms with Crippen LogP contribution in [0.5, 0.6) is 0 Å². The van der Waals surface area contributed by atoms with E-state index < -0.39 is 0 Å². The minimum absolute atomic E-state index is 0.0269. The van der Waals surface area contributed by atoms with E-state index in [2.05, 4.69) is 29.4 Å². The van der Waals surface area contributed by atoms with Gasteiger partial charge in [-0.15, -0.1) is 0 Å². The Labute approximate surface area is 170 Å². The molecule has 1 atom stereocenters. The lowest BCUT2D eigenvalue weighted by Gasteiger charge is -2.30. The zero-order chi connectivity index (χ0) is 20.4. The minimum Gasteiger partial charge on any atom is -0.371 e. The van der Waals surface area contributed by atoms with Crippen molar-refractivity contribution in [2.24, 2.45) is 5.92 Å². The number of amides is 2. The molecule has 0 aliphatic carbocycles. The van der Waals surface area contributed by atoms with Crippen molar-refractivity contribution in [1.29, 1.82) is 0 Å². The van der Waals surface area contributed by atoms with Gasteiger partial charge in [0.15, 0.2) is 0 Å². The first-order valence-electron chi connectivity index (χ1n) is 11.1. The van der Waals surface area contributed by atoms with Gasteiger partial charge in [0.2, 0.25) is 5.91 Å². The minimum atomic E-state index is -0.0588. The fourth-order valence-corrected chi connectivity index (χ4v) is 3.76. The van der Waals surface area contributed by atoms with Crippen molar-refractivity contribution in [2.75, 3.05) is 29.9 Å². The van der Waals surface area contributed by atoms with Gasteiger partial charge in [0.25, 0.3) is 5.91 Å². The van der Waals surface area contributed by atoms with E-state index in [1.807, 2.05) is 25.1 Å². The first kappa shape index (κ1) is 22.3. The summed E-state index contributed by atoms with van der Waals surface area (Å²) in [6.45, 7) is 8.87. The Morgan fingerprint density at radius 2 is 1.82 bits per heavy atom. The molecule has 5 nitrogen and oxygen atoms in total. The van der Waals surface area contributed by atoms with Gasteiger partial charge in [-0.25, -0.2) is 0 Å². The summed E-state index contributed by atoms with van der Waals surface area (Å²) in [7, 11) is 0. The highest BCUT2D eigenvalue weighted by Gasteiger charge is 2.21. The monoisotopic (exact) mass is 387 g/mol. The summed E-state index contributed by atoms with van der Waals surface area (Å²) in [4.78, 5) is 27.8. The zero-order valence-corrected chi connectivity index (χ0v) is 17.9. The molecule has 0 spiro atoms. The van der Waals surface area contributed by atoms with Crippen molar-refractivity contribution in [3.8, 4) is 0 Å². The van der Waals surface area contributed by atoms with Crippen molar-refractivity contribution in [2.45, 2.75) is 72.1 Å². The van der Waals surface area contributed by atoms with E-state index >= 15 is 0 Å². The molecule has 0 unspecified atom stereocenters. The molecule has 2 rings (SSSR count). The van der Waals surface area contributed by atoms with Crippen LogP contribution in [0.4, 0.5) is 11.4 Å². The van der Waals surface area contributed by atoms with Crippen molar-refractivity contribution < 1.29 is 9.59 Å². The van der Waals surface area contributed by atoms with Gasteiger partial charge in [0.05, 0.1) is 5.56 Å². The molecule has 0 bridgehead atoms. The number of anilines is 2. The molecular formula is C23H37N3O2. The number of rotatable bonds is 10. The third kappa shape index (κ3) is 6.25. The summed E-state index contributed by atoms with van der Waals surface area (Å²) in [5.74, 6) is 0.0252. The summed E-state index contributed by atoms with van der Waals surface area (Å²) >= 11 is 0. The maximum atomic E-state index is 12.8. The van der Waals surface area contributed by atoms with Crippen LogP contribution in [0.15, 0.2) is 18.2 Å². The number of hydrogen-bond donors (Lipinski definition) is 2. The van der Waals surface area contributed by atoms with E-state index in [9.17, 15) is 9.59 Å². The molecule has 5 heteroatoms. The van der Waals surface area contributed by atoms with Gasteiger partial charge in [-0.2, -0.15) is 0 Å². The van der Waals surface area contributed by atoms with Crippen LogP contribution in [0, 0.1) is 5.92 Å². The van der Waals surface area contributed by atoms with E-state index in [0.29, 0.717) is 17.8 Å². The predicted octanol–water partition coefficient (Wildman–Crippen LogP) is 4.97. The third-order valence-electron chi connectivity index (χ3n) is 5.51. The average Bonchev–Trinajstić information content (AvgIpc) is 2.73. The van der Waals surface area contributed by atoms with Crippen LogP contribution in [-0.2, 0) is 4.79 Å². The third-order valence-corrected chi connectivity index (χ3v) is 5.51. The summed E-state index contributed by atoms with van der Waals surface area (Å²) < 4.78 is 0. The van der Waals surface area contributed by atoms with Crippen molar-refractivity contribution in [1.82, 2.24) is 5.32 Å². The zero-order valence-electron chi connectivity index (χ0n) is 17.9. The second kappa shape index (κ2) is 11.7. The summed E-state index contributed by atoms with van der Waals surface area (Å²) in [5.41, 5.74) is 2.35. The number of nitrogens with zero attached hydrogens (tertiary/aromatic N) is 1.